The predicted octanol–water partition coefficient (Wildman–Crippen LogP) is 1.83. The Morgan fingerprint density at radius 1 is 1.53 bits per heavy atom. The fourth-order valence-corrected chi connectivity index (χ4v) is 3.04. The molecule has 1 N–H and O–H groups in total. The number of aryl methyl sites for hydroxylation is 2. The summed E-state index contributed by atoms with van der Waals surface area (Å²) in [7, 11) is 0. The summed E-state index contributed by atoms with van der Waals surface area (Å²) in [5.41, 5.74) is 0. The number of nitrogens with zero attached hydrogens (tertiary/aromatic N) is 4. The van der Waals surface area contributed by atoms with Gasteiger partial charge in [-0.15, -0.1) is 21.5 Å². The van der Waals surface area contributed by atoms with Crippen LogP contribution in [-0.2, 0) is 17.8 Å². The highest BCUT2D eigenvalue weighted by Gasteiger charge is 2.14. The third kappa shape index (κ3) is 3.54. The fourth-order valence-electron chi connectivity index (χ4n) is 1.58. The van der Waals surface area contributed by atoms with Crippen molar-refractivity contribution in [3.05, 3.63) is 21.9 Å². The zero-order valence-corrected chi connectivity index (χ0v) is 12.3. The van der Waals surface area contributed by atoms with Crippen LogP contribution in [-0.4, -0.2) is 36.6 Å². The van der Waals surface area contributed by atoms with Gasteiger partial charge in [-0.2, -0.15) is 0 Å². The Labute approximate surface area is 118 Å². The van der Waals surface area contributed by atoms with E-state index >= 15 is 0 Å². The highest BCUT2D eigenvalue weighted by Crippen LogP contribution is 2.20. The summed E-state index contributed by atoms with van der Waals surface area (Å²) < 4.78 is 1.94. The molecule has 0 amide bonds. The number of thioether (sulfide) groups is 1. The predicted molar refractivity (Wildman–Crippen MR) is 73.7 cm³/mol. The first-order valence-electron chi connectivity index (χ1n) is 5.78. The number of aliphatic carboxylic acids is 1. The van der Waals surface area contributed by atoms with Gasteiger partial charge in [0.2, 0.25) is 0 Å². The molecule has 0 spiro atoms. The molecule has 0 bridgehead atoms. The minimum absolute atomic E-state index is 0.0151. The maximum absolute atomic E-state index is 10.6. The molecule has 0 aromatic carbocycles. The minimum atomic E-state index is -0.859. The van der Waals surface area contributed by atoms with Crippen LogP contribution in [0.4, 0.5) is 0 Å². The molecule has 2 heterocycles. The smallest absolute Gasteiger partial charge is 0.313 e. The Kier molecular flexibility index (Phi) is 4.54. The van der Waals surface area contributed by atoms with Gasteiger partial charge in [-0.05, 0) is 6.92 Å². The van der Waals surface area contributed by atoms with Crippen molar-refractivity contribution in [3.63, 3.8) is 0 Å². The van der Waals surface area contributed by atoms with Gasteiger partial charge < -0.3 is 5.11 Å². The molecular formula is C11H14N4O2S2. The summed E-state index contributed by atoms with van der Waals surface area (Å²) in [4.78, 5) is 16.1. The monoisotopic (exact) mass is 298 g/mol. The highest BCUT2D eigenvalue weighted by atomic mass is 32.2. The van der Waals surface area contributed by atoms with Gasteiger partial charge in [0.1, 0.15) is 10.8 Å². The van der Waals surface area contributed by atoms with E-state index in [2.05, 4.69) is 15.2 Å². The number of carboxylic acid groups (broad SMARTS) is 1. The zero-order chi connectivity index (χ0) is 13.8. The van der Waals surface area contributed by atoms with Gasteiger partial charge in [0, 0.05) is 17.5 Å². The molecule has 0 saturated carbocycles. The van der Waals surface area contributed by atoms with Crippen molar-refractivity contribution in [1.82, 2.24) is 19.7 Å². The van der Waals surface area contributed by atoms with Gasteiger partial charge in [-0.1, -0.05) is 18.7 Å². The van der Waals surface area contributed by atoms with Crippen LogP contribution in [0.5, 0.6) is 0 Å². The van der Waals surface area contributed by atoms with Crippen LogP contribution in [0.1, 0.15) is 22.6 Å². The Morgan fingerprint density at radius 3 is 2.89 bits per heavy atom. The van der Waals surface area contributed by atoms with Crippen LogP contribution in [0.15, 0.2) is 11.4 Å². The van der Waals surface area contributed by atoms with Gasteiger partial charge in [0.25, 0.3) is 0 Å². The standard InChI is InChI=1S/C11H14N4O2S2/c1-3-8-13-14-11(18-6-10(16)17)15(8)5-9-12-4-7(2)19-9/h4H,3,5-6H2,1-2H3,(H,16,17). The van der Waals surface area contributed by atoms with Crippen LogP contribution in [0.3, 0.4) is 0 Å². The van der Waals surface area contributed by atoms with Crippen molar-refractivity contribution >= 4 is 29.1 Å². The van der Waals surface area contributed by atoms with Crippen molar-refractivity contribution in [1.29, 1.82) is 0 Å². The first kappa shape index (κ1) is 14.0. The van der Waals surface area contributed by atoms with Crippen molar-refractivity contribution in [2.45, 2.75) is 32.0 Å². The minimum Gasteiger partial charge on any atom is -0.481 e. The van der Waals surface area contributed by atoms with Crippen LogP contribution < -0.4 is 0 Å². The number of carbonyl (C=O) groups is 1. The van der Waals surface area contributed by atoms with Gasteiger partial charge in [-0.3, -0.25) is 9.36 Å². The second kappa shape index (κ2) is 6.16. The summed E-state index contributed by atoms with van der Waals surface area (Å²) >= 11 is 2.81. The summed E-state index contributed by atoms with van der Waals surface area (Å²) in [6.07, 6.45) is 2.59. The van der Waals surface area contributed by atoms with E-state index in [0.29, 0.717) is 11.7 Å². The molecule has 0 aliphatic heterocycles. The molecule has 0 saturated heterocycles. The molecule has 2 aromatic rings. The Hall–Kier alpha value is -1.41. The molecule has 0 fully saturated rings. The van der Waals surface area contributed by atoms with E-state index in [1.54, 1.807) is 11.3 Å². The maximum Gasteiger partial charge on any atom is 0.313 e. The van der Waals surface area contributed by atoms with E-state index in [0.717, 1.165) is 22.1 Å². The average Bonchev–Trinajstić information content (AvgIpc) is 2.94. The lowest BCUT2D eigenvalue weighted by molar-refractivity contribution is -0.133. The van der Waals surface area contributed by atoms with Crippen LogP contribution in [0.25, 0.3) is 0 Å². The Bertz CT molecular complexity index is 579. The van der Waals surface area contributed by atoms with Crippen LogP contribution >= 0.6 is 23.1 Å². The summed E-state index contributed by atoms with van der Waals surface area (Å²) in [5, 5.41) is 18.5. The van der Waals surface area contributed by atoms with E-state index in [4.69, 9.17) is 5.11 Å². The topological polar surface area (TPSA) is 80.9 Å². The largest absolute Gasteiger partial charge is 0.481 e. The summed E-state index contributed by atoms with van der Waals surface area (Å²) in [5.74, 6) is -0.0258. The highest BCUT2D eigenvalue weighted by molar-refractivity contribution is 7.99. The molecule has 2 aromatic heterocycles. The van der Waals surface area contributed by atoms with Crippen molar-refractivity contribution < 1.29 is 9.90 Å². The second-order valence-electron chi connectivity index (χ2n) is 3.89. The number of hydrogen-bond donors (Lipinski definition) is 1. The Morgan fingerprint density at radius 2 is 2.32 bits per heavy atom. The number of hydrogen-bond acceptors (Lipinski definition) is 6. The quantitative estimate of drug-likeness (QED) is 0.819. The first-order chi connectivity index (χ1) is 9.10. The van der Waals surface area contributed by atoms with Crippen molar-refractivity contribution in [3.8, 4) is 0 Å². The number of carboxylic acids is 1. The van der Waals surface area contributed by atoms with Gasteiger partial charge in [-0.25, -0.2) is 4.98 Å². The van der Waals surface area contributed by atoms with Crippen LogP contribution in [0, 0.1) is 6.92 Å². The zero-order valence-electron chi connectivity index (χ0n) is 10.7. The van der Waals surface area contributed by atoms with Crippen LogP contribution in [0.2, 0.25) is 0 Å². The fraction of sp³-hybridized carbons (Fsp3) is 0.455. The molecule has 2 rings (SSSR count). The molecule has 0 radical (unpaired) electrons. The first-order valence-corrected chi connectivity index (χ1v) is 7.58. The number of aromatic nitrogens is 4. The van der Waals surface area contributed by atoms with E-state index in [9.17, 15) is 4.79 Å². The lowest BCUT2D eigenvalue weighted by Gasteiger charge is -2.06. The third-order valence-corrected chi connectivity index (χ3v) is 4.25. The molecule has 0 aliphatic rings. The molecule has 8 heteroatoms. The number of thiazole rings is 1. The summed E-state index contributed by atoms with van der Waals surface area (Å²) in [6, 6.07) is 0. The molecule has 0 atom stereocenters. The normalized spacial score (nSPS) is 10.8. The lowest BCUT2D eigenvalue weighted by atomic mass is 10.4. The van der Waals surface area contributed by atoms with Gasteiger partial charge in [0.15, 0.2) is 5.16 Å². The molecule has 6 nitrogen and oxygen atoms in total. The number of rotatable bonds is 6. The van der Waals surface area contributed by atoms with E-state index in [1.807, 2.05) is 24.6 Å². The SMILES string of the molecule is CCc1nnc(SCC(=O)O)n1Cc1ncc(C)s1. The van der Waals surface area contributed by atoms with E-state index in [-0.39, 0.29) is 5.75 Å². The molecule has 102 valence electrons. The van der Waals surface area contributed by atoms with E-state index in [1.165, 1.54) is 11.8 Å². The molecule has 0 unspecified atom stereocenters. The third-order valence-electron chi connectivity index (χ3n) is 2.40. The summed E-state index contributed by atoms with van der Waals surface area (Å²) in [6.45, 7) is 4.60. The molecule has 0 aliphatic carbocycles. The average molecular weight is 298 g/mol. The maximum atomic E-state index is 10.6. The van der Waals surface area contributed by atoms with Crippen molar-refractivity contribution in [2.24, 2.45) is 0 Å². The van der Waals surface area contributed by atoms with Gasteiger partial charge >= 0.3 is 5.97 Å². The second-order valence-corrected chi connectivity index (χ2v) is 6.15. The van der Waals surface area contributed by atoms with E-state index < -0.39 is 5.97 Å². The lowest BCUT2D eigenvalue weighted by Crippen LogP contribution is -2.07. The van der Waals surface area contributed by atoms with Gasteiger partial charge in [0.05, 0.1) is 12.3 Å². The van der Waals surface area contributed by atoms with Crippen molar-refractivity contribution in [2.75, 3.05) is 5.75 Å². The molecule has 19 heavy (non-hydrogen) atoms. The Balaban J connectivity index is 2.20. The molecular weight excluding hydrogens is 284 g/mol.